The number of halogens is 3. The lowest BCUT2D eigenvalue weighted by Gasteiger charge is -2.40. The molecule has 0 saturated heterocycles. The van der Waals surface area contributed by atoms with Gasteiger partial charge in [-0.05, 0) is 36.2 Å². The van der Waals surface area contributed by atoms with Gasteiger partial charge >= 0.3 is 0 Å². The van der Waals surface area contributed by atoms with Gasteiger partial charge in [0.25, 0.3) is 5.91 Å². The number of anilines is 2. The van der Waals surface area contributed by atoms with Crippen LogP contribution in [0.1, 0.15) is 46.9 Å². The van der Waals surface area contributed by atoms with Gasteiger partial charge in [0.15, 0.2) is 6.23 Å². The zero-order chi connectivity index (χ0) is 28.5. The molecule has 40 heavy (non-hydrogen) atoms. The van der Waals surface area contributed by atoms with E-state index in [2.05, 4.69) is 10.3 Å². The van der Waals surface area contributed by atoms with E-state index in [1.165, 1.54) is 37.3 Å². The fourth-order valence-electron chi connectivity index (χ4n) is 5.95. The van der Waals surface area contributed by atoms with Crippen LogP contribution < -0.4 is 19.7 Å². The van der Waals surface area contributed by atoms with Crippen molar-refractivity contribution in [3.05, 3.63) is 93.1 Å². The molecule has 2 aromatic heterocycles. The molecule has 1 spiro atoms. The lowest BCUT2D eigenvalue weighted by atomic mass is 9.80. The van der Waals surface area contributed by atoms with E-state index in [0.717, 1.165) is 0 Å². The molecule has 0 aliphatic carbocycles. The highest BCUT2D eigenvalue weighted by Gasteiger charge is 2.62. The average Bonchev–Trinajstić information content (AvgIpc) is 3.53. The molecule has 4 heterocycles. The molecule has 2 unspecified atom stereocenters. The van der Waals surface area contributed by atoms with E-state index < -0.39 is 23.5 Å². The summed E-state index contributed by atoms with van der Waals surface area (Å²) in [7, 11) is 3.04. The van der Waals surface area contributed by atoms with Gasteiger partial charge in [0, 0.05) is 44.8 Å². The molecule has 0 radical (unpaired) electrons. The highest BCUT2D eigenvalue weighted by Crippen LogP contribution is 2.57. The molecular formula is C29H25Cl2FN4O4. The number of benzene rings is 2. The number of ether oxygens (including phenoxy) is 2. The number of amides is 1. The molecule has 0 saturated carbocycles. The number of nitrogens with zero attached hydrogens (tertiary/aromatic N) is 3. The summed E-state index contributed by atoms with van der Waals surface area (Å²) in [6, 6.07) is 10.8. The number of carbonyl (C=O) groups is 1. The number of aromatic nitrogens is 2. The van der Waals surface area contributed by atoms with Crippen LogP contribution in [0.4, 0.5) is 15.8 Å². The van der Waals surface area contributed by atoms with Crippen LogP contribution in [-0.2, 0) is 5.54 Å². The molecule has 2 atom stereocenters. The van der Waals surface area contributed by atoms with Crippen molar-refractivity contribution in [3.8, 4) is 17.3 Å². The third-order valence-electron chi connectivity index (χ3n) is 7.50. The molecule has 0 fully saturated rings. The minimum absolute atomic E-state index is 0.0534. The van der Waals surface area contributed by atoms with Crippen LogP contribution in [0.5, 0.6) is 11.6 Å². The van der Waals surface area contributed by atoms with Gasteiger partial charge in [0.05, 0.1) is 31.7 Å². The zero-order valence-electron chi connectivity index (χ0n) is 22.0. The number of methoxy groups -OCH3 is 2. The van der Waals surface area contributed by atoms with Crippen molar-refractivity contribution < 1.29 is 23.8 Å². The number of hydrogen-bond donors (Lipinski definition) is 2. The second-order valence-electron chi connectivity index (χ2n) is 9.97. The zero-order valence-corrected chi connectivity index (χ0v) is 23.5. The first kappa shape index (κ1) is 26.4. The van der Waals surface area contributed by atoms with Crippen molar-refractivity contribution >= 4 is 40.5 Å². The average molecular weight is 583 g/mol. The van der Waals surface area contributed by atoms with Gasteiger partial charge in [0.1, 0.15) is 22.8 Å². The molecule has 2 aliphatic heterocycles. The van der Waals surface area contributed by atoms with E-state index in [1.54, 1.807) is 36.7 Å². The number of hydrogen-bond acceptors (Lipinski definition) is 6. The maximum Gasteiger partial charge on any atom is 0.261 e. The fraction of sp³-hybridized carbons (Fsp3) is 0.241. The Balaban J connectivity index is 1.72. The Kier molecular flexibility index (Phi) is 6.21. The number of pyridine rings is 1. The smallest absolute Gasteiger partial charge is 0.261 e. The summed E-state index contributed by atoms with van der Waals surface area (Å²) in [5.74, 6) is -0.479. The monoisotopic (exact) mass is 582 g/mol. The lowest BCUT2D eigenvalue weighted by Crippen LogP contribution is -2.53. The number of carbonyl (C=O) groups excluding carboxylic acids is 1. The quantitative estimate of drug-likeness (QED) is 0.295. The standard InChI is InChI=1S/C29H25Cl2FN4O4/c1-14(2)26-25-17(13-35(26)22-12-33-24(40-4)11-23(22)39-3)27(37)36(21-10-16(31)6-8-19(21)32)29(25)18-7-5-15(30)9-20(18)34-28(29)38/h5-14,28,34,38H,1-4H3. The van der Waals surface area contributed by atoms with E-state index in [0.29, 0.717) is 50.4 Å². The third kappa shape index (κ3) is 3.54. The molecule has 4 aromatic rings. The van der Waals surface area contributed by atoms with Crippen LogP contribution in [0, 0.1) is 5.82 Å². The third-order valence-corrected chi connectivity index (χ3v) is 7.97. The molecule has 6 rings (SSSR count). The predicted octanol–water partition coefficient (Wildman–Crippen LogP) is 6.11. The second kappa shape index (κ2) is 9.40. The topological polar surface area (TPSA) is 88.9 Å². The summed E-state index contributed by atoms with van der Waals surface area (Å²) in [5, 5.41) is 15.6. The fourth-order valence-corrected chi connectivity index (χ4v) is 6.29. The molecule has 1 amide bonds. The largest absolute Gasteiger partial charge is 0.494 e. The van der Waals surface area contributed by atoms with Gasteiger partial charge in [-0.1, -0.05) is 43.1 Å². The van der Waals surface area contributed by atoms with Gasteiger partial charge in [-0.3, -0.25) is 9.69 Å². The minimum Gasteiger partial charge on any atom is -0.494 e. The molecule has 0 bridgehead atoms. The summed E-state index contributed by atoms with van der Waals surface area (Å²) in [4.78, 5) is 20.0. The molecular weight excluding hydrogens is 558 g/mol. The maximum atomic E-state index is 15.5. The van der Waals surface area contributed by atoms with Crippen LogP contribution in [0.2, 0.25) is 10.0 Å². The molecule has 206 valence electrons. The Hall–Kier alpha value is -3.79. The Morgan fingerprint density at radius 2 is 1.80 bits per heavy atom. The summed E-state index contributed by atoms with van der Waals surface area (Å²) in [6.07, 6.45) is 1.93. The van der Waals surface area contributed by atoms with Gasteiger partial charge in [0.2, 0.25) is 5.88 Å². The summed E-state index contributed by atoms with van der Waals surface area (Å²) in [5.41, 5.74) is 1.60. The summed E-state index contributed by atoms with van der Waals surface area (Å²) < 4.78 is 28.2. The van der Waals surface area contributed by atoms with E-state index in [4.69, 9.17) is 32.7 Å². The summed E-state index contributed by atoms with van der Waals surface area (Å²) in [6.45, 7) is 3.96. The van der Waals surface area contributed by atoms with Crippen molar-refractivity contribution in [1.29, 1.82) is 0 Å². The summed E-state index contributed by atoms with van der Waals surface area (Å²) >= 11 is 12.6. The van der Waals surface area contributed by atoms with Crippen molar-refractivity contribution in [2.45, 2.75) is 31.5 Å². The van der Waals surface area contributed by atoms with Crippen LogP contribution in [0.25, 0.3) is 5.69 Å². The van der Waals surface area contributed by atoms with Crippen LogP contribution in [-0.4, -0.2) is 41.0 Å². The normalized spacial score (nSPS) is 19.3. The van der Waals surface area contributed by atoms with Crippen molar-refractivity contribution in [3.63, 3.8) is 0 Å². The number of aliphatic hydroxyl groups is 1. The predicted molar refractivity (Wildman–Crippen MR) is 151 cm³/mol. The maximum absolute atomic E-state index is 15.5. The Bertz CT molecular complexity index is 1690. The molecule has 11 heteroatoms. The SMILES string of the molecule is COc1cc(OC)c(-n2cc3c(c2C(C)C)C2(c4ccc(Cl)cc4NC2O)N(c2cc(Cl)ccc2F)C3=O)cn1. The van der Waals surface area contributed by atoms with Gasteiger partial charge in [-0.15, -0.1) is 0 Å². The molecule has 2 aliphatic rings. The first-order chi connectivity index (χ1) is 19.1. The Morgan fingerprint density at radius 3 is 2.50 bits per heavy atom. The number of rotatable bonds is 5. The van der Waals surface area contributed by atoms with Crippen LogP contribution in [0.3, 0.4) is 0 Å². The Morgan fingerprint density at radius 1 is 1.07 bits per heavy atom. The number of fused-ring (bicyclic) bond motifs is 4. The van der Waals surface area contributed by atoms with Crippen LogP contribution in [0.15, 0.2) is 54.9 Å². The second-order valence-corrected chi connectivity index (χ2v) is 10.8. The first-order valence-corrected chi connectivity index (χ1v) is 13.3. The number of nitrogens with one attached hydrogen (secondary N) is 1. The van der Waals surface area contributed by atoms with E-state index in [9.17, 15) is 9.90 Å². The molecule has 2 aromatic carbocycles. The van der Waals surface area contributed by atoms with Crippen molar-refractivity contribution in [2.75, 3.05) is 24.4 Å². The van der Waals surface area contributed by atoms with Crippen molar-refractivity contribution in [1.82, 2.24) is 9.55 Å². The van der Waals surface area contributed by atoms with Gasteiger partial charge in [-0.25, -0.2) is 9.37 Å². The molecule has 8 nitrogen and oxygen atoms in total. The van der Waals surface area contributed by atoms with E-state index in [-0.39, 0.29) is 16.6 Å². The molecule has 2 N–H and O–H groups in total. The highest BCUT2D eigenvalue weighted by atomic mass is 35.5. The number of aliphatic hydroxyl groups excluding tert-OH is 1. The lowest BCUT2D eigenvalue weighted by molar-refractivity contribution is 0.0918. The highest BCUT2D eigenvalue weighted by molar-refractivity contribution is 6.31. The van der Waals surface area contributed by atoms with Gasteiger partial charge in [-0.2, -0.15) is 0 Å². The van der Waals surface area contributed by atoms with Crippen LogP contribution >= 0.6 is 23.2 Å². The first-order valence-electron chi connectivity index (χ1n) is 12.5. The minimum atomic E-state index is -1.55. The van der Waals surface area contributed by atoms with E-state index >= 15 is 4.39 Å². The van der Waals surface area contributed by atoms with Gasteiger partial charge < -0.3 is 24.5 Å². The van der Waals surface area contributed by atoms with Crippen molar-refractivity contribution in [2.24, 2.45) is 0 Å². The van der Waals surface area contributed by atoms with E-state index in [1.807, 2.05) is 18.4 Å². The Labute approximate surface area is 239 Å².